The number of carbonyl (C=O) groups excluding carboxylic acids is 2. The standard InChI is InChI=1S/C21H23Cl2FN2O2/c1-3-11-25-21(28)14(2)26(13-15-7-9-16(22)10-8-15)20(27)12-17-18(23)5-4-6-19(17)24/h4-10,14H,3,11-13H2,1-2H3,(H,25,28)/t14-/m1/s1. The fourth-order valence-corrected chi connectivity index (χ4v) is 3.07. The minimum absolute atomic E-state index is 0.122. The fraction of sp³-hybridized carbons (Fsp3) is 0.333. The van der Waals surface area contributed by atoms with Crippen molar-refractivity contribution in [3.05, 3.63) is 69.5 Å². The summed E-state index contributed by atoms with van der Waals surface area (Å²) in [7, 11) is 0. The van der Waals surface area contributed by atoms with Gasteiger partial charge in [0.25, 0.3) is 0 Å². The zero-order chi connectivity index (χ0) is 20.7. The molecule has 2 aromatic rings. The summed E-state index contributed by atoms with van der Waals surface area (Å²) >= 11 is 12.0. The van der Waals surface area contributed by atoms with Crippen LogP contribution in [0.3, 0.4) is 0 Å². The van der Waals surface area contributed by atoms with Crippen LogP contribution in [0, 0.1) is 5.82 Å². The van der Waals surface area contributed by atoms with Crippen LogP contribution in [0.5, 0.6) is 0 Å². The van der Waals surface area contributed by atoms with Crippen LogP contribution in [0.1, 0.15) is 31.4 Å². The normalized spacial score (nSPS) is 11.8. The van der Waals surface area contributed by atoms with Gasteiger partial charge in [-0.05, 0) is 43.2 Å². The minimum atomic E-state index is -0.722. The van der Waals surface area contributed by atoms with E-state index in [1.54, 1.807) is 31.2 Å². The predicted octanol–water partition coefficient (Wildman–Crippen LogP) is 4.62. The molecule has 28 heavy (non-hydrogen) atoms. The Bertz CT molecular complexity index is 807. The molecule has 0 spiro atoms. The molecule has 0 unspecified atom stereocenters. The number of rotatable bonds is 8. The van der Waals surface area contributed by atoms with Crippen LogP contribution in [0.15, 0.2) is 42.5 Å². The van der Waals surface area contributed by atoms with Gasteiger partial charge in [0, 0.05) is 28.7 Å². The highest BCUT2D eigenvalue weighted by atomic mass is 35.5. The molecule has 0 saturated heterocycles. The van der Waals surface area contributed by atoms with Gasteiger partial charge in [-0.2, -0.15) is 0 Å². The lowest BCUT2D eigenvalue weighted by Crippen LogP contribution is -2.48. The van der Waals surface area contributed by atoms with Crippen LogP contribution >= 0.6 is 23.2 Å². The molecule has 0 aliphatic carbocycles. The van der Waals surface area contributed by atoms with Gasteiger partial charge in [0.2, 0.25) is 11.8 Å². The second-order valence-electron chi connectivity index (χ2n) is 6.49. The Balaban J connectivity index is 2.26. The molecule has 0 saturated carbocycles. The smallest absolute Gasteiger partial charge is 0.242 e. The van der Waals surface area contributed by atoms with Gasteiger partial charge in [-0.1, -0.05) is 48.3 Å². The molecule has 7 heteroatoms. The van der Waals surface area contributed by atoms with Crippen LogP contribution in [0.4, 0.5) is 4.39 Å². The molecular weight excluding hydrogens is 402 g/mol. The van der Waals surface area contributed by atoms with Crippen molar-refractivity contribution < 1.29 is 14.0 Å². The van der Waals surface area contributed by atoms with Crippen LogP contribution in [-0.4, -0.2) is 29.3 Å². The summed E-state index contributed by atoms with van der Waals surface area (Å²) in [6.45, 7) is 4.32. The SMILES string of the molecule is CCCNC(=O)[C@@H](C)N(Cc1ccc(Cl)cc1)C(=O)Cc1c(F)cccc1Cl. The van der Waals surface area contributed by atoms with Gasteiger partial charge in [-0.25, -0.2) is 4.39 Å². The first kappa shape index (κ1) is 22.2. The summed E-state index contributed by atoms with van der Waals surface area (Å²) in [5.74, 6) is -1.19. The van der Waals surface area contributed by atoms with Crippen LogP contribution in [0.25, 0.3) is 0 Å². The third-order valence-electron chi connectivity index (χ3n) is 4.37. The Morgan fingerprint density at radius 3 is 2.43 bits per heavy atom. The molecule has 4 nitrogen and oxygen atoms in total. The van der Waals surface area contributed by atoms with Crippen molar-refractivity contribution >= 4 is 35.0 Å². The molecule has 2 amide bonds. The molecule has 0 bridgehead atoms. The number of amides is 2. The summed E-state index contributed by atoms with van der Waals surface area (Å²) in [5, 5.41) is 3.56. The maximum Gasteiger partial charge on any atom is 0.242 e. The molecule has 2 rings (SSSR count). The van der Waals surface area contributed by atoms with E-state index in [-0.39, 0.29) is 35.4 Å². The van der Waals surface area contributed by atoms with Crippen molar-refractivity contribution in [2.24, 2.45) is 0 Å². The lowest BCUT2D eigenvalue weighted by molar-refractivity contribution is -0.140. The largest absolute Gasteiger partial charge is 0.354 e. The van der Waals surface area contributed by atoms with Gasteiger partial charge in [-0.15, -0.1) is 0 Å². The van der Waals surface area contributed by atoms with Crippen LogP contribution < -0.4 is 5.32 Å². The summed E-state index contributed by atoms with van der Waals surface area (Å²) in [6.07, 6.45) is 0.554. The van der Waals surface area contributed by atoms with E-state index >= 15 is 0 Å². The molecule has 0 aromatic heterocycles. The zero-order valence-electron chi connectivity index (χ0n) is 15.8. The van der Waals surface area contributed by atoms with E-state index in [1.165, 1.54) is 23.1 Å². The second-order valence-corrected chi connectivity index (χ2v) is 7.34. The zero-order valence-corrected chi connectivity index (χ0v) is 17.4. The first-order valence-electron chi connectivity index (χ1n) is 9.08. The van der Waals surface area contributed by atoms with Crippen molar-refractivity contribution in [3.8, 4) is 0 Å². The molecule has 0 radical (unpaired) electrons. The van der Waals surface area contributed by atoms with Gasteiger partial charge >= 0.3 is 0 Å². The van der Waals surface area contributed by atoms with Crippen molar-refractivity contribution in [3.63, 3.8) is 0 Å². The Morgan fingerprint density at radius 1 is 1.14 bits per heavy atom. The molecule has 0 heterocycles. The van der Waals surface area contributed by atoms with E-state index < -0.39 is 11.9 Å². The molecule has 150 valence electrons. The van der Waals surface area contributed by atoms with Gasteiger partial charge in [0.05, 0.1) is 6.42 Å². The monoisotopic (exact) mass is 424 g/mol. The molecule has 0 fully saturated rings. The van der Waals surface area contributed by atoms with E-state index in [0.717, 1.165) is 12.0 Å². The summed E-state index contributed by atoms with van der Waals surface area (Å²) in [5.41, 5.74) is 0.934. The number of benzene rings is 2. The molecule has 2 aromatic carbocycles. The highest BCUT2D eigenvalue weighted by Crippen LogP contribution is 2.21. The van der Waals surface area contributed by atoms with Crippen LogP contribution in [0.2, 0.25) is 10.0 Å². The maximum absolute atomic E-state index is 14.1. The Labute approximate surface area is 174 Å². The number of hydrogen-bond acceptors (Lipinski definition) is 2. The molecule has 1 atom stereocenters. The second kappa shape index (κ2) is 10.4. The quantitative estimate of drug-likeness (QED) is 0.671. The predicted molar refractivity (Wildman–Crippen MR) is 110 cm³/mol. The van der Waals surface area contributed by atoms with E-state index in [2.05, 4.69) is 5.32 Å². The van der Waals surface area contributed by atoms with Crippen molar-refractivity contribution in [1.82, 2.24) is 10.2 Å². The number of carbonyl (C=O) groups is 2. The number of hydrogen-bond donors (Lipinski definition) is 1. The molecule has 0 aliphatic heterocycles. The number of nitrogens with one attached hydrogen (secondary N) is 1. The van der Waals surface area contributed by atoms with E-state index in [4.69, 9.17) is 23.2 Å². The third-order valence-corrected chi connectivity index (χ3v) is 4.98. The minimum Gasteiger partial charge on any atom is -0.354 e. The molecule has 0 aliphatic rings. The highest BCUT2D eigenvalue weighted by molar-refractivity contribution is 6.31. The van der Waals surface area contributed by atoms with Gasteiger partial charge in [-0.3, -0.25) is 9.59 Å². The maximum atomic E-state index is 14.1. The summed E-state index contributed by atoms with van der Waals surface area (Å²) in [6, 6.07) is 10.6. The van der Waals surface area contributed by atoms with Gasteiger partial charge < -0.3 is 10.2 Å². The first-order valence-corrected chi connectivity index (χ1v) is 9.83. The van der Waals surface area contributed by atoms with Gasteiger partial charge in [0.15, 0.2) is 0 Å². The summed E-state index contributed by atoms with van der Waals surface area (Å²) in [4.78, 5) is 26.9. The third kappa shape index (κ3) is 5.94. The van der Waals surface area contributed by atoms with Crippen LogP contribution in [-0.2, 0) is 22.6 Å². The van der Waals surface area contributed by atoms with Gasteiger partial charge in [0.1, 0.15) is 11.9 Å². The Kier molecular flexibility index (Phi) is 8.27. The highest BCUT2D eigenvalue weighted by Gasteiger charge is 2.27. The van der Waals surface area contributed by atoms with E-state index in [9.17, 15) is 14.0 Å². The van der Waals surface area contributed by atoms with Crippen molar-refractivity contribution in [1.29, 1.82) is 0 Å². The van der Waals surface area contributed by atoms with E-state index in [0.29, 0.717) is 11.6 Å². The Hall–Kier alpha value is -2.11. The van der Waals surface area contributed by atoms with Crippen molar-refractivity contribution in [2.45, 2.75) is 39.3 Å². The molecular formula is C21H23Cl2FN2O2. The topological polar surface area (TPSA) is 49.4 Å². The molecule has 1 N–H and O–H groups in total. The van der Waals surface area contributed by atoms with E-state index in [1.807, 2.05) is 6.92 Å². The average molecular weight is 425 g/mol. The number of halogens is 3. The average Bonchev–Trinajstić information content (AvgIpc) is 2.67. The van der Waals surface area contributed by atoms with Crippen molar-refractivity contribution in [2.75, 3.05) is 6.54 Å². The first-order chi connectivity index (χ1) is 13.3. The lowest BCUT2D eigenvalue weighted by Gasteiger charge is -2.29. The fourth-order valence-electron chi connectivity index (χ4n) is 2.72. The Morgan fingerprint density at radius 2 is 1.82 bits per heavy atom. The lowest BCUT2D eigenvalue weighted by atomic mass is 10.1. The summed E-state index contributed by atoms with van der Waals surface area (Å²) < 4.78 is 14.1. The number of nitrogens with zero attached hydrogens (tertiary/aromatic N) is 1.